The van der Waals surface area contributed by atoms with Crippen molar-refractivity contribution in [2.75, 3.05) is 0 Å². The van der Waals surface area contributed by atoms with E-state index in [1.54, 1.807) is 13.8 Å². The number of aliphatic hydroxyl groups is 1. The van der Waals surface area contributed by atoms with Crippen LogP contribution in [0.4, 0.5) is 0 Å². The second-order valence-corrected chi connectivity index (χ2v) is 5.21. The lowest BCUT2D eigenvalue weighted by molar-refractivity contribution is 0.104. The van der Waals surface area contributed by atoms with Gasteiger partial charge in [-0.3, -0.25) is 0 Å². The van der Waals surface area contributed by atoms with E-state index in [0.29, 0.717) is 5.75 Å². The minimum Gasteiger partial charge on any atom is -0.457 e. The molecule has 3 heteroatoms. The predicted octanol–water partition coefficient (Wildman–Crippen LogP) is 3.25. The predicted molar refractivity (Wildman–Crippen MR) is 76.2 cm³/mol. The molecule has 0 fully saturated rings. The molecule has 0 aliphatic rings. The van der Waals surface area contributed by atoms with Crippen molar-refractivity contribution in [1.82, 2.24) is 0 Å². The van der Waals surface area contributed by atoms with Gasteiger partial charge >= 0.3 is 0 Å². The molecule has 3 nitrogen and oxygen atoms in total. The Hall–Kier alpha value is -1.84. The molecule has 0 aliphatic carbocycles. The van der Waals surface area contributed by atoms with E-state index in [4.69, 9.17) is 10.5 Å². The van der Waals surface area contributed by atoms with Crippen molar-refractivity contribution < 1.29 is 9.84 Å². The number of ether oxygens (including phenoxy) is 1. The number of aliphatic hydroxyl groups excluding tert-OH is 1. The van der Waals surface area contributed by atoms with Gasteiger partial charge in [-0.25, -0.2) is 0 Å². The smallest absolute Gasteiger partial charge is 0.127 e. The van der Waals surface area contributed by atoms with Crippen LogP contribution in [0.25, 0.3) is 0 Å². The van der Waals surface area contributed by atoms with Crippen molar-refractivity contribution in [1.29, 1.82) is 0 Å². The quantitative estimate of drug-likeness (QED) is 0.884. The molecule has 0 saturated heterocycles. The third-order valence-corrected chi connectivity index (χ3v) is 2.86. The van der Waals surface area contributed by atoms with Crippen LogP contribution < -0.4 is 10.5 Å². The molecule has 0 radical (unpaired) electrons. The van der Waals surface area contributed by atoms with Gasteiger partial charge in [0.1, 0.15) is 11.5 Å². The molecule has 0 saturated carbocycles. The molecule has 100 valence electrons. The van der Waals surface area contributed by atoms with Crippen molar-refractivity contribution in [3.05, 3.63) is 60.2 Å². The first-order valence-corrected chi connectivity index (χ1v) is 6.26. The highest BCUT2D eigenvalue weighted by Crippen LogP contribution is 2.28. The highest BCUT2D eigenvalue weighted by molar-refractivity contribution is 5.35. The molecular weight excluding hydrogens is 238 g/mol. The fraction of sp³-hybridized carbons (Fsp3) is 0.250. The van der Waals surface area contributed by atoms with Gasteiger partial charge in [0, 0.05) is 5.54 Å². The third-order valence-electron chi connectivity index (χ3n) is 2.86. The fourth-order valence-electron chi connectivity index (χ4n) is 1.80. The molecule has 2 aromatic rings. The van der Waals surface area contributed by atoms with Gasteiger partial charge in [-0.1, -0.05) is 30.3 Å². The van der Waals surface area contributed by atoms with Crippen LogP contribution in [-0.4, -0.2) is 10.6 Å². The Kier molecular flexibility index (Phi) is 3.88. The minimum absolute atomic E-state index is 0.687. The largest absolute Gasteiger partial charge is 0.457 e. The van der Waals surface area contributed by atoms with E-state index in [-0.39, 0.29) is 0 Å². The van der Waals surface area contributed by atoms with E-state index < -0.39 is 11.6 Å². The average Bonchev–Trinajstić information content (AvgIpc) is 2.38. The maximum absolute atomic E-state index is 10.2. The van der Waals surface area contributed by atoms with Gasteiger partial charge in [-0.2, -0.15) is 0 Å². The number of hydrogen-bond acceptors (Lipinski definition) is 3. The maximum Gasteiger partial charge on any atom is 0.127 e. The van der Waals surface area contributed by atoms with Gasteiger partial charge in [-0.15, -0.1) is 0 Å². The molecule has 1 unspecified atom stereocenters. The molecule has 0 amide bonds. The fourth-order valence-corrected chi connectivity index (χ4v) is 1.80. The lowest BCUT2D eigenvalue weighted by Gasteiger charge is -2.26. The van der Waals surface area contributed by atoms with Crippen LogP contribution in [0.3, 0.4) is 0 Å². The zero-order valence-electron chi connectivity index (χ0n) is 11.2. The lowest BCUT2D eigenvalue weighted by Crippen LogP contribution is -2.39. The van der Waals surface area contributed by atoms with E-state index >= 15 is 0 Å². The highest BCUT2D eigenvalue weighted by atomic mass is 16.5. The van der Waals surface area contributed by atoms with Crippen molar-refractivity contribution in [3.63, 3.8) is 0 Å². The van der Waals surface area contributed by atoms with Crippen LogP contribution in [0.5, 0.6) is 11.5 Å². The van der Waals surface area contributed by atoms with E-state index in [1.165, 1.54) is 0 Å². The Morgan fingerprint density at radius 2 is 1.63 bits per heavy atom. The minimum atomic E-state index is -0.730. The monoisotopic (exact) mass is 257 g/mol. The summed E-state index contributed by atoms with van der Waals surface area (Å²) in [4.78, 5) is 0. The van der Waals surface area contributed by atoms with Crippen molar-refractivity contribution >= 4 is 0 Å². The molecular formula is C16H19NO2. The summed E-state index contributed by atoms with van der Waals surface area (Å²) in [5, 5.41) is 10.2. The SMILES string of the molecule is CC(C)(N)C(O)c1cccc(Oc2ccccc2)c1. The van der Waals surface area contributed by atoms with Gasteiger partial charge in [-0.05, 0) is 43.7 Å². The Morgan fingerprint density at radius 3 is 2.26 bits per heavy atom. The molecule has 1 atom stereocenters. The molecule has 19 heavy (non-hydrogen) atoms. The van der Waals surface area contributed by atoms with E-state index in [2.05, 4.69) is 0 Å². The summed E-state index contributed by atoms with van der Waals surface area (Å²) >= 11 is 0. The number of hydrogen-bond donors (Lipinski definition) is 2. The molecule has 2 aromatic carbocycles. The van der Waals surface area contributed by atoms with Gasteiger partial charge in [0.25, 0.3) is 0 Å². The maximum atomic E-state index is 10.2. The van der Waals surface area contributed by atoms with Gasteiger partial charge in [0.05, 0.1) is 6.10 Å². The van der Waals surface area contributed by atoms with Crippen LogP contribution in [0, 0.1) is 0 Å². The van der Waals surface area contributed by atoms with Crippen molar-refractivity contribution in [3.8, 4) is 11.5 Å². The van der Waals surface area contributed by atoms with Crippen LogP contribution in [0.2, 0.25) is 0 Å². The molecule has 0 bridgehead atoms. The van der Waals surface area contributed by atoms with Crippen molar-refractivity contribution in [2.24, 2.45) is 5.73 Å². The van der Waals surface area contributed by atoms with Crippen LogP contribution in [0.1, 0.15) is 25.5 Å². The Morgan fingerprint density at radius 1 is 1.00 bits per heavy atom. The van der Waals surface area contributed by atoms with Gasteiger partial charge in [0.2, 0.25) is 0 Å². The summed E-state index contributed by atoms with van der Waals surface area (Å²) in [7, 11) is 0. The summed E-state index contributed by atoms with van der Waals surface area (Å²) in [5.74, 6) is 1.45. The third kappa shape index (κ3) is 3.56. The number of benzene rings is 2. The summed E-state index contributed by atoms with van der Waals surface area (Å²) < 4.78 is 5.73. The summed E-state index contributed by atoms with van der Waals surface area (Å²) in [6.07, 6.45) is -0.730. The Labute approximate surface area is 113 Å². The standard InChI is InChI=1S/C16H19NO2/c1-16(2,17)15(18)12-7-6-10-14(11-12)19-13-8-4-3-5-9-13/h3-11,15,18H,17H2,1-2H3. The van der Waals surface area contributed by atoms with Crippen molar-refractivity contribution in [2.45, 2.75) is 25.5 Å². The molecule has 3 N–H and O–H groups in total. The molecule has 0 heterocycles. The van der Waals surface area contributed by atoms with Gasteiger partial charge < -0.3 is 15.6 Å². The van der Waals surface area contributed by atoms with E-state index in [1.807, 2.05) is 54.6 Å². The molecule has 2 rings (SSSR count). The second-order valence-electron chi connectivity index (χ2n) is 5.21. The van der Waals surface area contributed by atoms with Crippen LogP contribution >= 0.6 is 0 Å². The second kappa shape index (κ2) is 5.43. The number of nitrogens with two attached hydrogens (primary N) is 1. The van der Waals surface area contributed by atoms with E-state index in [0.717, 1.165) is 11.3 Å². The summed E-state index contributed by atoms with van der Waals surface area (Å²) in [5.41, 5.74) is 5.98. The molecule has 0 aromatic heterocycles. The topological polar surface area (TPSA) is 55.5 Å². The number of para-hydroxylation sites is 1. The Bertz CT molecular complexity index is 532. The van der Waals surface area contributed by atoms with Crippen LogP contribution in [-0.2, 0) is 0 Å². The number of rotatable bonds is 4. The first kappa shape index (κ1) is 13.6. The first-order valence-electron chi connectivity index (χ1n) is 6.26. The summed E-state index contributed by atoms with van der Waals surface area (Å²) in [6.45, 7) is 3.59. The molecule has 0 aliphatic heterocycles. The molecule has 0 spiro atoms. The normalized spacial score (nSPS) is 13.1. The summed E-state index contributed by atoms with van der Waals surface area (Å²) in [6, 6.07) is 16.9. The first-order chi connectivity index (χ1) is 8.97. The van der Waals surface area contributed by atoms with Gasteiger partial charge in [0.15, 0.2) is 0 Å². The zero-order valence-corrected chi connectivity index (χ0v) is 11.2. The lowest BCUT2D eigenvalue weighted by atomic mass is 9.92. The highest BCUT2D eigenvalue weighted by Gasteiger charge is 2.24. The average molecular weight is 257 g/mol. The van der Waals surface area contributed by atoms with E-state index in [9.17, 15) is 5.11 Å². The Balaban J connectivity index is 2.20. The van der Waals surface area contributed by atoms with Crippen LogP contribution in [0.15, 0.2) is 54.6 Å². The zero-order chi connectivity index (χ0) is 13.9.